The number of anilines is 3. The molecule has 11 rings (SSSR count). The molecule has 0 saturated heterocycles. The van der Waals surface area contributed by atoms with Crippen molar-refractivity contribution in [2.45, 2.75) is 0 Å². The maximum absolute atomic E-state index is 2.47. The first-order valence-corrected chi connectivity index (χ1v) is 20.6. The minimum absolute atomic E-state index is 1.08. The number of fused-ring (bicyclic) bond motifs is 4. The second-order valence-corrected chi connectivity index (χ2v) is 15.3. The SMILES string of the molecule is c1ccc(-c2ccc(-n3c4ccccc4c4ccc(N(c5ccccc5)c5cc(-c6ccccc6)ccc5-c5cccc6ccccc56)cc43)c(-c3ccccc3)c2)cc1. The van der Waals surface area contributed by atoms with Gasteiger partial charge in [0.15, 0.2) is 0 Å². The molecule has 11 aromatic rings. The Bertz CT molecular complexity index is 3290. The summed E-state index contributed by atoms with van der Waals surface area (Å²) < 4.78 is 2.47. The van der Waals surface area contributed by atoms with Crippen molar-refractivity contribution >= 4 is 49.6 Å². The molecular weight excluding hydrogens is 725 g/mol. The minimum atomic E-state index is 1.08. The zero-order valence-corrected chi connectivity index (χ0v) is 33.0. The van der Waals surface area contributed by atoms with E-state index >= 15 is 0 Å². The van der Waals surface area contributed by atoms with E-state index in [0.717, 1.165) is 33.8 Å². The van der Waals surface area contributed by atoms with E-state index in [2.05, 4.69) is 252 Å². The van der Waals surface area contributed by atoms with Crippen LogP contribution in [0.25, 0.3) is 82.8 Å². The van der Waals surface area contributed by atoms with Gasteiger partial charge in [-0.2, -0.15) is 0 Å². The predicted molar refractivity (Wildman–Crippen MR) is 255 cm³/mol. The van der Waals surface area contributed by atoms with Gasteiger partial charge < -0.3 is 9.47 Å². The van der Waals surface area contributed by atoms with E-state index in [0.29, 0.717) is 0 Å². The second-order valence-electron chi connectivity index (χ2n) is 15.3. The van der Waals surface area contributed by atoms with Gasteiger partial charge >= 0.3 is 0 Å². The van der Waals surface area contributed by atoms with Gasteiger partial charge in [-0.1, -0.05) is 194 Å². The molecule has 0 aliphatic carbocycles. The maximum Gasteiger partial charge on any atom is 0.0562 e. The van der Waals surface area contributed by atoms with Crippen molar-refractivity contribution in [2.75, 3.05) is 4.90 Å². The van der Waals surface area contributed by atoms with Crippen LogP contribution in [0.4, 0.5) is 17.1 Å². The molecule has 60 heavy (non-hydrogen) atoms. The number of nitrogens with zero attached hydrogens (tertiary/aromatic N) is 2. The molecule has 0 N–H and O–H groups in total. The molecule has 282 valence electrons. The lowest BCUT2D eigenvalue weighted by molar-refractivity contribution is 1.18. The number of benzene rings is 10. The van der Waals surface area contributed by atoms with E-state index in [-0.39, 0.29) is 0 Å². The Hall–Kier alpha value is -7.94. The Morgan fingerprint density at radius 3 is 1.58 bits per heavy atom. The summed E-state index contributed by atoms with van der Waals surface area (Å²) in [6.45, 7) is 0. The lowest BCUT2D eigenvalue weighted by Gasteiger charge is -2.29. The van der Waals surface area contributed by atoms with Crippen LogP contribution in [0.1, 0.15) is 0 Å². The number of rotatable bonds is 8. The fourth-order valence-corrected chi connectivity index (χ4v) is 8.97. The van der Waals surface area contributed by atoms with Gasteiger partial charge in [-0.3, -0.25) is 0 Å². The van der Waals surface area contributed by atoms with Crippen molar-refractivity contribution in [3.8, 4) is 50.2 Å². The first-order valence-electron chi connectivity index (χ1n) is 20.6. The summed E-state index contributed by atoms with van der Waals surface area (Å²) in [5.41, 5.74) is 16.2. The molecule has 2 nitrogen and oxygen atoms in total. The maximum atomic E-state index is 2.47. The third-order valence-corrected chi connectivity index (χ3v) is 11.8. The number of para-hydroxylation sites is 2. The highest BCUT2D eigenvalue weighted by atomic mass is 15.1. The van der Waals surface area contributed by atoms with Gasteiger partial charge in [0, 0.05) is 33.3 Å². The number of aromatic nitrogens is 1. The molecule has 0 bridgehead atoms. The standard InChI is InChI=1S/C58H40N2/c1-5-18-41(19-6-1)45-33-37-56(54(38-45)44-22-9-3-10-23-44)60-55-31-16-15-29-51(55)53-36-34-48(40-58(53)60)59(47-26-11-4-12-27-47)57-39-46(42-20-7-2-8-21-42)32-35-52(57)50-30-17-25-43-24-13-14-28-49(43)50/h1-40H. The molecular formula is C58H40N2. The highest BCUT2D eigenvalue weighted by molar-refractivity contribution is 6.11. The first-order chi connectivity index (χ1) is 29.8. The summed E-state index contributed by atoms with van der Waals surface area (Å²) in [5, 5.41) is 4.88. The third-order valence-electron chi connectivity index (χ3n) is 11.8. The van der Waals surface area contributed by atoms with E-state index < -0.39 is 0 Å². The summed E-state index contributed by atoms with van der Waals surface area (Å²) in [4.78, 5) is 2.45. The van der Waals surface area contributed by atoms with Crippen LogP contribution in [-0.2, 0) is 0 Å². The zero-order valence-electron chi connectivity index (χ0n) is 33.0. The number of hydrogen-bond acceptors (Lipinski definition) is 1. The van der Waals surface area contributed by atoms with Crippen molar-refractivity contribution in [3.63, 3.8) is 0 Å². The second kappa shape index (κ2) is 15.1. The molecule has 1 heterocycles. The van der Waals surface area contributed by atoms with E-state index in [1.54, 1.807) is 0 Å². The Morgan fingerprint density at radius 1 is 0.283 bits per heavy atom. The van der Waals surface area contributed by atoms with Crippen LogP contribution in [-0.4, -0.2) is 4.57 Å². The Labute approximate surface area is 350 Å². The quantitative estimate of drug-likeness (QED) is 0.150. The summed E-state index contributed by atoms with van der Waals surface area (Å²) in [6, 6.07) is 88.0. The Balaban J connectivity index is 1.19. The summed E-state index contributed by atoms with van der Waals surface area (Å²) in [6.07, 6.45) is 0. The van der Waals surface area contributed by atoms with Gasteiger partial charge in [0.1, 0.15) is 0 Å². The van der Waals surface area contributed by atoms with Gasteiger partial charge in [0.05, 0.1) is 22.4 Å². The summed E-state index contributed by atoms with van der Waals surface area (Å²) >= 11 is 0. The topological polar surface area (TPSA) is 8.17 Å². The van der Waals surface area contributed by atoms with Gasteiger partial charge in [0.25, 0.3) is 0 Å². The van der Waals surface area contributed by atoms with Crippen LogP contribution in [0.3, 0.4) is 0 Å². The Morgan fingerprint density at radius 2 is 0.850 bits per heavy atom. The van der Waals surface area contributed by atoms with Gasteiger partial charge in [0.2, 0.25) is 0 Å². The molecule has 0 spiro atoms. The molecule has 0 atom stereocenters. The van der Waals surface area contributed by atoms with Crippen LogP contribution in [0.5, 0.6) is 0 Å². The molecule has 0 aliphatic rings. The van der Waals surface area contributed by atoms with E-state index in [1.165, 1.54) is 66.0 Å². The van der Waals surface area contributed by atoms with Gasteiger partial charge in [-0.15, -0.1) is 0 Å². The summed E-state index contributed by atoms with van der Waals surface area (Å²) in [7, 11) is 0. The third kappa shape index (κ3) is 6.23. The van der Waals surface area contributed by atoms with Crippen LogP contribution < -0.4 is 4.90 Å². The van der Waals surface area contributed by atoms with Crippen LogP contribution >= 0.6 is 0 Å². The summed E-state index contributed by atoms with van der Waals surface area (Å²) in [5.74, 6) is 0. The number of hydrogen-bond donors (Lipinski definition) is 0. The largest absolute Gasteiger partial charge is 0.310 e. The van der Waals surface area contributed by atoms with Crippen molar-refractivity contribution in [1.82, 2.24) is 4.57 Å². The minimum Gasteiger partial charge on any atom is -0.310 e. The molecule has 0 radical (unpaired) electrons. The fourth-order valence-electron chi connectivity index (χ4n) is 8.97. The smallest absolute Gasteiger partial charge is 0.0562 e. The van der Waals surface area contributed by atoms with Crippen molar-refractivity contribution in [2.24, 2.45) is 0 Å². The molecule has 0 saturated carbocycles. The average molecular weight is 765 g/mol. The van der Waals surface area contributed by atoms with Crippen LogP contribution in [0.2, 0.25) is 0 Å². The lowest BCUT2D eigenvalue weighted by atomic mass is 9.93. The van der Waals surface area contributed by atoms with Crippen molar-refractivity contribution < 1.29 is 0 Å². The highest BCUT2D eigenvalue weighted by Gasteiger charge is 2.23. The van der Waals surface area contributed by atoms with Crippen LogP contribution in [0.15, 0.2) is 243 Å². The van der Waals surface area contributed by atoms with Gasteiger partial charge in [-0.25, -0.2) is 0 Å². The van der Waals surface area contributed by atoms with Crippen LogP contribution in [0, 0.1) is 0 Å². The molecule has 10 aromatic carbocycles. The molecule has 0 amide bonds. The van der Waals surface area contributed by atoms with E-state index in [4.69, 9.17) is 0 Å². The van der Waals surface area contributed by atoms with Crippen molar-refractivity contribution in [3.05, 3.63) is 243 Å². The predicted octanol–water partition coefficient (Wildman–Crippen LogP) is 16.1. The molecule has 0 fully saturated rings. The Kier molecular flexibility index (Phi) is 8.87. The normalized spacial score (nSPS) is 11.3. The molecule has 2 heteroatoms. The van der Waals surface area contributed by atoms with E-state index in [1.807, 2.05) is 0 Å². The monoisotopic (exact) mass is 764 g/mol. The fraction of sp³-hybridized carbons (Fsp3) is 0. The molecule has 0 aliphatic heterocycles. The average Bonchev–Trinajstić information content (AvgIpc) is 3.66. The molecule has 0 unspecified atom stereocenters. The van der Waals surface area contributed by atoms with E-state index in [9.17, 15) is 0 Å². The molecule has 1 aromatic heterocycles. The highest BCUT2D eigenvalue weighted by Crippen LogP contribution is 2.46. The van der Waals surface area contributed by atoms with Gasteiger partial charge in [-0.05, 0) is 92.7 Å². The first kappa shape index (κ1) is 35.2. The lowest BCUT2D eigenvalue weighted by Crippen LogP contribution is -2.11. The van der Waals surface area contributed by atoms with Crippen molar-refractivity contribution in [1.29, 1.82) is 0 Å². The zero-order chi connectivity index (χ0) is 39.8.